The average Bonchev–Trinajstić information content (AvgIpc) is 2.58. The van der Waals surface area contributed by atoms with Gasteiger partial charge in [0.2, 0.25) is 5.28 Å². The van der Waals surface area contributed by atoms with Crippen LogP contribution in [0.2, 0.25) is 10.3 Å². The van der Waals surface area contributed by atoms with Crippen molar-refractivity contribution in [1.82, 2.24) is 20.2 Å². The molecule has 146 valence electrons. The van der Waals surface area contributed by atoms with E-state index in [4.69, 9.17) is 27.9 Å². The summed E-state index contributed by atoms with van der Waals surface area (Å²) in [5, 5.41) is 3.68. The molecule has 0 spiro atoms. The highest BCUT2D eigenvalue weighted by atomic mass is 79.9. The molecule has 1 aliphatic rings. The van der Waals surface area contributed by atoms with Crippen LogP contribution in [0.1, 0.15) is 32.5 Å². The zero-order valence-electron chi connectivity index (χ0n) is 14.9. The lowest BCUT2D eigenvalue weighted by atomic mass is 10.0. The smallest absolute Gasteiger partial charge is 0.410 e. The van der Waals surface area contributed by atoms with Gasteiger partial charge in [-0.2, -0.15) is 0 Å². The number of piperazine rings is 1. The third-order valence-electron chi connectivity index (χ3n) is 4.02. The first kappa shape index (κ1) is 20.5. The van der Waals surface area contributed by atoms with Crippen molar-refractivity contribution in [2.75, 3.05) is 19.6 Å². The van der Waals surface area contributed by atoms with Crippen LogP contribution in [0.3, 0.4) is 0 Å². The number of benzene rings is 1. The lowest BCUT2D eigenvalue weighted by Gasteiger charge is -2.37. The van der Waals surface area contributed by atoms with Crippen LogP contribution in [0.4, 0.5) is 9.18 Å². The molecule has 6 nitrogen and oxygen atoms in total. The highest BCUT2D eigenvalue weighted by molar-refractivity contribution is 9.10. The molecule has 1 unspecified atom stereocenters. The van der Waals surface area contributed by atoms with Gasteiger partial charge in [0.15, 0.2) is 5.82 Å². The molecule has 27 heavy (non-hydrogen) atoms. The summed E-state index contributed by atoms with van der Waals surface area (Å²) < 4.78 is 20.3. The molecule has 1 amide bonds. The van der Waals surface area contributed by atoms with Crippen LogP contribution in [0.15, 0.2) is 10.5 Å². The Balaban J connectivity index is 2.13. The number of aromatic nitrogens is 2. The van der Waals surface area contributed by atoms with E-state index in [1.165, 1.54) is 0 Å². The molecule has 1 aromatic heterocycles. The maximum atomic E-state index is 14.7. The Kier molecular flexibility index (Phi) is 5.82. The summed E-state index contributed by atoms with van der Waals surface area (Å²) in [6, 6.07) is 1.06. The standard InChI is InChI=1S/C17H18BrCl2FN4O2/c1-17(2,3)27-16(26)25-5-4-22-7-10(25)13-8-6-9(19)11(18)12(21)14(8)24-15(20)23-13/h6,10,22H,4-5,7H2,1-3H3. The van der Waals surface area contributed by atoms with Gasteiger partial charge in [0.05, 0.1) is 21.2 Å². The lowest BCUT2D eigenvalue weighted by molar-refractivity contribution is 0.0115. The van der Waals surface area contributed by atoms with Gasteiger partial charge in [-0.3, -0.25) is 4.90 Å². The number of fused-ring (bicyclic) bond motifs is 1. The molecule has 0 saturated carbocycles. The largest absolute Gasteiger partial charge is 0.444 e. The highest BCUT2D eigenvalue weighted by Crippen LogP contribution is 2.36. The van der Waals surface area contributed by atoms with E-state index >= 15 is 0 Å². The third-order valence-corrected chi connectivity index (χ3v) is 5.49. The van der Waals surface area contributed by atoms with Crippen molar-refractivity contribution >= 4 is 56.1 Å². The minimum absolute atomic E-state index is 0.0380. The van der Waals surface area contributed by atoms with Gasteiger partial charge in [-0.05, 0) is 54.4 Å². The van der Waals surface area contributed by atoms with Crippen molar-refractivity contribution in [2.24, 2.45) is 0 Å². The molecule has 1 aliphatic heterocycles. The predicted octanol–water partition coefficient (Wildman–Crippen LogP) is 4.72. The Bertz CT molecular complexity index is 907. The number of nitrogens with zero attached hydrogens (tertiary/aromatic N) is 3. The van der Waals surface area contributed by atoms with Crippen molar-refractivity contribution in [1.29, 1.82) is 0 Å². The Labute approximate surface area is 174 Å². The normalized spacial score (nSPS) is 18.0. The molecule has 0 aliphatic carbocycles. The summed E-state index contributed by atoms with van der Waals surface area (Å²) in [5.41, 5.74) is -0.189. The van der Waals surface area contributed by atoms with Gasteiger partial charge >= 0.3 is 6.09 Å². The second kappa shape index (κ2) is 7.66. The van der Waals surface area contributed by atoms with Gasteiger partial charge < -0.3 is 10.1 Å². The van der Waals surface area contributed by atoms with E-state index in [9.17, 15) is 9.18 Å². The first-order chi connectivity index (χ1) is 12.6. The maximum Gasteiger partial charge on any atom is 0.410 e. The number of hydrogen-bond acceptors (Lipinski definition) is 5. The summed E-state index contributed by atoms with van der Waals surface area (Å²) in [6.45, 7) is 6.82. The van der Waals surface area contributed by atoms with Gasteiger partial charge in [-0.25, -0.2) is 19.2 Å². The zero-order chi connectivity index (χ0) is 19.9. The number of carbonyl (C=O) groups excluding carboxylic acids is 1. The van der Waals surface area contributed by atoms with E-state index in [1.54, 1.807) is 31.7 Å². The van der Waals surface area contributed by atoms with Crippen LogP contribution in [-0.4, -0.2) is 46.2 Å². The number of rotatable bonds is 1. The molecule has 0 bridgehead atoms. The van der Waals surface area contributed by atoms with Crippen LogP contribution in [-0.2, 0) is 4.74 Å². The van der Waals surface area contributed by atoms with Crippen molar-refractivity contribution in [3.05, 3.63) is 32.4 Å². The molecule has 1 saturated heterocycles. The van der Waals surface area contributed by atoms with Gasteiger partial charge in [0.25, 0.3) is 0 Å². The third kappa shape index (κ3) is 4.29. The number of ether oxygens (including phenoxy) is 1. The predicted molar refractivity (Wildman–Crippen MR) is 106 cm³/mol. The van der Waals surface area contributed by atoms with E-state index in [1.807, 2.05) is 0 Å². The molecule has 1 N–H and O–H groups in total. The van der Waals surface area contributed by atoms with Crippen molar-refractivity contribution in [3.8, 4) is 0 Å². The van der Waals surface area contributed by atoms with E-state index in [0.29, 0.717) is 30.7 Å². The summed E-state index contributed by atoms with van der Waals surface area (Å²) in [7, 11) is 0. The summed E-state index contributed by atoms with van der Waals surface area (Å²) in [6.07, 6.45) is -0.472. The quantitative estimate of drug-likeness (QED) is 0.473. The summed E-state index contributed by atoms with van der Waals surface area (Å²) in [4.78, 5) is 22.5. The van der Waals surface area contributed by atoms with Crippen molar-refractivity contribution < 1.29 is 13.9 Å². The van der Waals surface area contributed by atoms with E-state index in [0.717, 1.165) is 0 Å². The van der Waals surface area contributed by atoms with Gasteiger partial charge in [-0.1, -0.05) is 11.6 Å². The van der Waals surface area contributed by atoms with E-state index < -0.39 is 23.6 Å². The minimum atomic E-state index is -0.641. The number of nitrogens with one attached hydrogen (secondary N) is 1. The van der Waals surface area contributed by atoms with Gasteiger partial charge in [-0.15, -0.1) is 0 Å². The van der Waals surface area contributed by atoms with Crippen LogP contribution in [0.5, 0.6) is 0 Å². The molecule has 3 rings (SSSR count). The van der Waals surface area contributed by atoms with Gasteiger partial charge in [0.1, 0.15) is 11.1 Å². The SMILES string of the molecule is CC(C)(C)OC(=O)N1CCNCC1c1nc(Cl)nc2c(F)c(Br)c(Cl)cc12. The maximum absolute atomic E-state index is 14.7. The number of hydrogen-bond donors (Lipinski definition) is 1. The lowest BCUT2D eigenvalue weighted by Crippen LogP contribution is -2.50. The fourth-order valence-electron chi connectivity index (χ4n) is 2.91. The van der Waals surface area contributed by atoms with Crippen molar-refractivity contribution in [2.45, 2.75) is 32.4 Å². The van der Waals surface area contributed by atoms with Crippen LogP contribution >= 0.6 is 39.1 Å². The molecular formula is C17H18BrCl2FN4O2. The highest BCUT2D eigenvalue weighted by Gasteiger charge is 2.34. The molecule has 1 atom stereocenters. The first-order valence-electron chi connectivity index (χ1n) is 8.29. The summed E-state index contributed by atoms with van der Waals surface area (Å²) >= 11 is 15.3. The second-order valence-corrected chi connectivity index (χ2v) is 8.69. The number of halogens is 4. The first-order valence-corrected chi connectivity index (χ1v) is 9.84. The Hall–Kier alpha value is -1.22. The molecule has 1 aromatic carbocycles. The number of amides is 1. The monoisotopic (exact) mass is 478 g/mol. The molecular weight excluding hydrogens is 462 g/mol. The van der Waals surface area contributed by atoms with E-state index in [-0.39, 0.29) is 20.3 Å². The zero-order valence-corrected chi connectivity index (χ0v) is 18.0. The van der Waals surface area contributed by atoms with Gasteiger partial charge in [0, 0.05) is 25.0 Å². The van der Waals surface area contributed by atoms with Crippen LogP contribution in [0, 0.1) is 5.82 Å². The Morgan fingerprint density at radius 1 is 1.41 bits per heavy atom. The fraction of sp³-hybridized carbons (Fsp3) is 0.471. The Morgan fingerprint density at radius 2 is 2.11 bits per heavy atom. The molecule has 1 fully saturated rings. The topological polar surface area (TPSA) is 67.3 Å². The van der Waals surface area contributed by atoms with Crippen LogP contribution in [0.25, 0.3) is 10.9 Å². The Morgan fingerprint density at radius 3 is 2.78 bits per heavy atom. The minimum Gasteiger partial charge on any atom is -0.444 e. The second-order valence-electron chi connectivity index (χ2n) is 7.15. The van der Waals surface area contributed by atoms with Crippen molar-refractivity contribution in [3.63, 3.8) is 0 Å². The molecule has 2 heterocycles. The average molecular weight is 480 g/mol. The molecule has 0 radical (unpaired) electrons. The molecule has 10 heteroatoms. The number of carbonyl (C=O) groups is 1. The van der Waals surface area contributed by atoms with Crippen LogP contribution < -0.4 is 5.32 Å². The summed E-state index contributed by atoms with van der Waals surface area (Å²) in [5.74, 6) is -0.629. The van der Waals surface area contributed by atoms with E-state index in [2.05, 4.69) is 31.2 Å². The molecule has 2 aromatic rings. The fourth-order valence-corrected chi connectivity index (χ4v) is 3.58.